The van der Waals surface area contributed by atoms with Crippen LogP contribution >= 0.6 is 22.9 Å². The largest absolute Gasteiger partial charge is 0.451 e. The van der Waals surface area contributed by atoms with Gasteiger partial charge in [-0.2, -0.15) is 4.31 Å². The maximum absolute atomic E-state index is 12.6. The van der Waals surface area contributed by atoms with Gasteiger partial charge in [-0.1, -0.05) is 18.0 Å². The van der Waals surface area contributed by atoms with Gasteiger partial charge in [-0.3, -0.25) is 4.79 Å². The Morgan fingerprint density at radius 3 is 2.36 bits per heavy atom. The van der Waals surface area contributed by atoms with Crippen molar-refractivity contribution in [3.8, 4) is 0 Å². The van der Waals surface area contributed by atoms with Gasteiger partial charge in [0.2, 0.25) is 10.0 Å². The van der Waals surface area contributed by atoms with Gasteiger partial charge < -0.3 is 10.1 Å². The minimum Gasteiger partial charge on any atom is -0.451 e. The predicted octanol–water partition coefficient (Wildman–Crippen LogP) is 3.37. The lowest BCUT2D eigenvalue weighted by Gasteiger charge is -2.25. The van der Waals surface area contributed by atoms with Crippen molar-refractivity contribution in [1.82, 2.24) is 4.31 Å². The summed E-state index contributed by atoms with van der Waals surface area (Å²) < 4.78 is 32.1. The van der Waals surface area contributed by atoms with Crippen LogP contribution in [0.4, 0.5) is 5.69 Å². The van der Waals surface area contributed by atoms with Crippen molar-refractivity contribution in [2.24, 2.45) is 0 Å². The molecule has 0 radical (unpaired) electrons. The lowest BCUT2D eigenvalue weighted by molar-refractivity contribution is -0.119. The van der Waals surface area contributed by atoms with Gasteiger partial charge in [-0.25, -0.2) is 13.2 Å². The summed E-state index contributed by atoms with van der Waals surface area (Å²) in [7, 11) is -3.52. The van der Waals surface area contributed by atoms with E-state index in [4.69, 9.17) is 16.3 Å². The van der Waals surface area contributed by atoms with E-state index in [9.17, 15) is 18.0 Å². The standard InChI is InChI=1S/C18H19ClN2O5S2/c19-16-9-8-15(27-16)18(23)26-12-17(22)20-13-4-6-14(7-5-13)28(24,25)21-10-2-1-3-11-21/h4-9H,1-3,10-12H2,(H,20,22). The van der Waals surface area contributed by atoms with Crippen LogP contribution in [0.5, 0.6) is 0 Å². The fourth-order valence-corrected chi connectivity index (χ4v) is 5.24. The number of esters is 1. The average molecular weight is 443 g/mol. The number of thiophene rings is 1. The van der Waals surface area contributed by atoms with Gasteiger partial charge in [-0.15, -0.1) is 11.3 Å². The Bertz CT molecular complexity index is 951. The van der Waals surface area contributed by atoms with Gasteiger partial charge in [-0.05, 0) is 49.2 Å². The quantitative estimate of drug-likeness (QED) is 0.692. The number of amides is 1. The maximum Gasteiger partial charge on any atom is 0.348 e. The molecular weight excluding hydrogens is 424 g/mol. The molecule has 0 aliphatic carbocycles. The fourth-order valence-electron chi connectivity index (χ4n) is 2.79. The molecule has 7 nitrogen and oxygen atoms in total. The number of carbonyl (C=O) groups is 2. The second-order valence-electron chi connectivity index (χ2n) is 6.22. The van der Waals surface area contributed by atoms with Crippen molar-refractivity contribution in [2.75, 3.05) is 25.0 Å². The molecule has 1 fully saturated rings. The lowest BCUT2D eigenvalue weighted by Crippen LogP contribution is -2.35. The molecule has 0 saturated carbocycles. The number of nitrogens with one attached hydrogen (secondary N) is 1. The molecule has 1 N–H and O–H groups in total. The number of sulfonamides is 1. The average Bonchev–Trinajstić information content (AvgIpc) is 3.14. The van der Waals surface area contributed by atoms with Gasteiger partial charge in [0, 0.05) is 18.8 Å². The number of benzene rings is 1. The Labute approximate surface area is 172 Å². The Morgan fingerprint density at radius 1 is 1.07 bits per heavy atom. The van der Waals surface area contributed by atoms with Crippen LogP contribution in [0.25, 0.3) is 0 Å². The Kier molecular flexibility index (Phi) is 6.71. The number of rotatable bonds is 6. The number of carbonyl (C=O) groups excluding carboxylic acids is 2. The van der Waals surface area contributed by atoms with Crippen LogP contribution in [0, 0.1) is 0 Å². The van der Waals surface area contributed by atoms with Gasteiger partial charge >= 0.3 is 5.97 Å². The van der Waals surface area contributed by atoms with Gasteiger partial charge in [0.1, 0.15) is 4.88 Å². The highest BCUT2D eigenvalue weighted by Gasteiger charge is 2.25. The van der Waals surface area contributed by atoms with Crippen LogP contribution in [0.1, 0.15) is 28.9 Å². The van der Waals surface area contributed by atoms with E-state index in [0.29, 0.717) is 28.0 Å². The van der Waals surface area contributed by atoms with Gasteiger partial charge in [0.05, 0.1) is 9.23 Å². The molecule has 0 bridgehead atoms. The van der Waals surface area contributed by atoms with E-state index < -0.39 is 28.5 Å². The first-order chi connectivity index (χ1) is 13.4. The minimum absolute atomic E-state index is 0.188. The number of nitrogens with zero attached hydrogens (tertiary/aromatic N) is 1. The zero-order valence-electron chi connectivity index (χ0n) is 14.9. The minimum atomic E-state index is -3.52. The summed E-state index contributed by atoms with van der Waals surface area (Å²) in [5.41, 5.74) is 0.415. The number of hydrogen-bond donors (Lipinski definition) is 1. The van der Waals surface area contributed by atoms with Crippen molar-refractivity contribution in [2.45, 2.75) is 24.2 Å². The van der Waals surface area contributed by atoms with E-state index in [1.54, 1.807) is 6.07 Å². The number of piperidine rings is 1. The van der Waals surface area contributed by atoms with E-state index >= 15 is 0 Å². The molecule has 1 aliphatic rings. The monoisotopic (exact) mass is 442 g/mol. The molecule has 10 heteroatoms. The van der Waals surface area contributed by atoms with E-state index in [1.807, 2.05) is 0 Å². The first kappa shape index (κ1) is 20.8. The highest BCUT2D eigenvalue weighted by Crippen LogP contribution is 2.23. The summed E-state index contributed by atoms with van der Waals surface area (Å²) in [6.45, 7) is 0.603. The third kappa shape index (κ3) is 5.11. The molecular formula is C18H19ClN2O5S2. The van der Waals surface area contributed by atoms with Gasteiger partial charge in [0.15, 0.2) is 6.61 Å². The van der Waals surface area contributed by atoms with Crippen molar-refractivity contribution in [1.29, 1.82) is 0 Å². The zero-order valence-corrected chi connectivity index (χ0v) is 17.3. The first-order valence-electron chi connectivity index (χ1n) is 8.69. The second kappa shape index (κ2) is 9.04. The molecule has 1 aliphatic heterocycles. The third-order valence-electron chi connectivity index (χ3n) is 4.20. The van der Waals surface area contributed by atoms with Crippen molar-refractivity contribution < 1.29 is 22.7 Å². The van der Waals surface area contributed by atoms with E-state index in [0.717, 1.165) is 30.6 Å². The van der Waals surface area contributed by atoms with Gasteiger partial charge in [0.25, 0.3) is 5.91 Å². The number of anilines is 1. The smallest absolute Gasteiger partial charge is 0.348 e. The third-order valence-corrected chi connectivity index (χ3v) is 7.32. The molecule has 28 heavy (non-hydrogen) atoms. The second-order valence-corrected chi connectivity index (χ2v) is 9.87. The molecule has 3 rings (SSSR count). The van der Waals surface area contributed by atoms with Crippen LogP contribution in [0.15, 0.2) is 41.3 Å². The summed E-state index contributed by atoms with van der Waals surface area (Å²) in [5.74, 6) is -1.15. The van der Waals surface area contributed by atoms with Crippen LogP contribution < -0.4 is 5.32 Å². The number of ether oxygens (including phenoxy) is 1. The molecule has 0 unspecified atom stereocenters. The molecule has 0 atom stereocenters. The predicted molar refractivity (Wildman–Crippen MR) is 107 cm³/mol. The Hall–Kier alpha value is -1.94. The molecule has 1 aromatic heterocycles. The fraction of sp³-hybridized carbons (Fsp3) is 0.333. The number of halogens is 1. The molecule has 0 spiro atoms. The maximum atomic E-state index is 12.6. The van der Waals surface area contributed by atoms with Crippen LogP contribution in [0.2, 0.25) is 4.34 Å². The molecule has 2 aromatic rings. The van der Waals surface area contributed by atoms with Crippen LogP contribution in [-0.4, -0.2) is 44.3 Å². The highest BCUT2D eigenvalue weighted by molar-refractivity contribution is 7.89. The van der Waals surface area contributed by atoms with E-state index in [1.165, 1.54) is 34.6 Å². The van der Waals surface area contributed by atoms with Crippen molar-refractivity contribution in [3.63, 3.8) is 0 Å². The lowest BCUT2D eigenvalue weighted by atomic mass is 10.2. The molecule has 150 valence electrons. The molecule has 1 amide bonds. The summed E-state index contributed by atoms with van der Waals surface area (Å²) in [6.07, 6.45) is 2.77. The topological polar surface area (TPSA) is 92.8 Å². The highest BCUT2D eigenvalue weighted by atomic mass is 35.5. The van der Waals surface area contributed by atoms with Crippen LogP contribution in [-0.2, 0) is 19.6 Å². The summed E-state index contributed by atoms with van der Waals surface area (Å²) >= 11 is 6.82. The molecule has 1 saturated heterocycles. The Balaban J connectivity index is 1.55. The normalized spacial score (nSPS) is 15.2. The van der Waals surface area contributed by atoms with Crippen molar-refractivity contribution >= 4 is 50.5 Å². The molecule has 2 heterocycles. The first-order valence-corrected chi connectivity index (χ1v) is 11.3. The van der Waals surface area contributed by atoms with Crippen LogP contribution in [0.3, 0.4) is 0 Å². The van der Waals surface area contributed by atoms with Crippen molar-refractivity contribution in [3.05, 3.63) is 45.6 Å². The SMILES string of the molecule is O=C(COC(=O)c1ccc(Cl)s1)Nc1ccc(S(=O)(=O)N2CCCCC2)cc1. The van der Waals surface area contributed by atoms with E-state index in [2.05, 4.69) is 5.32 Å². The number of hydrogen-bond acceptors (Lipinski definition) is 6. The summed E-state index contributed by atoms with van der Waals surface area (Å²) in [6, 6.07) is 9.03. The summed E-state index contributed by atoms with van der Waals surface area (Å²) in [4.78, 5) is 24.2. The van der Waals surface area contributed by atoms with E-state index in [-0.39, 0.29) is 4.90 Å². The summed E-state index contributed by atoms with van der Waals surface area (Å²) in [5, 5.41) is 2.56. The molecule has 1 aromatic carbocycles. The zero-order chi connectivity index (χ0) is 20.1. The Morgan fingerprint density at radius 2 is 1.75 bits per heavy atom.